The fourth-order valence-electron chi connectivity index (χ4n) is 2.17. The molecule has 102 valence electrons. The number of aliphatic hydroxyl groups is 1. The van der Waals surface area contributed by atoms with E-state index >= 15 is 0 Å². The molecule has 0 aromatic heterocycles. The molecule has 18 heavy (non-hydrogen) atoms. The van der Waals surface area contributed by atoms with Gasteiger partial charge in [0, 0.05) is 35.7 Å². The summed E-state index contributed by atoms with van der Waals surface area (Å²) in [4.78, 5) is 2.28. The fraction of sp³-hybridized carbons (Fsp3) is 0.500. The molecule has 1 aromatic rings. The molecule has 1 saturated heterocycles. The molecule has 3 nitrogen and oxygen atoms in total. The molecule has 0 unspecified atom stereocenters. The van der Waals surface area contributed by atoms with Crippen molar-refractivity contribution in [1.82, 2.24) is 10.2 Å². The number of rotatable bonds is 3. The highest BCUT2D eigenvalue weighted by Crippen LogP contribution is 2.30. The first-order valence-electron chi connectivity index (χ1n) is 5.73. The molecule has 1 aliphatic rings. The third-order valence-electron chi connectivity index (χ3n) is 3.08. The van der Waals surface area contributed by atoms with E-state index in [1.165, 1.54) is 0 Å². The molecule has 1 aromatic carbocycles. The minimum atomic E-state index is 0. The van der Waals surface area contributed by atoms with Crippen LogP contribution in [0, 0.1) is 0 Å². The number of nitrogens with one attached hydrogen (secondary N) is 1. The molecular formula is C12H17BrCl2N2O. The average molecular weight is 356 g/mol. The van der Waals surface area contributed by atoms with E-state index in [2.05, 4.69) is 26.1 Å². The lowest BCUT2D eigenvalue weighted by atomic mass is 10.1. The van der Waals surface area contributed by atoms with Crippen LogP contribution in [0.25, 0.3) is 0 Å². The van der Waals surface area contributed by atoms with E-state index < -0.39 is 0 Å². The van der Waals surface area contributed by atoms with E-state index in [9.17, 15) is 5.11 Å². The largest absolute Gasteiger partial charge is 0.394 e. The first kappa shape index (κ1) is 16.2. The van der Waals surface area contributed by atoms with Crippen molar-refractivity contribution in [2.45, 2.75) is 6.04 Å². The number of hydrogen-bond donors (Lipinski definition) is 2. The predicted molar refractivity (Wildman–Crippen MR) is 80.7 cm³/mol. The van der Waals surface area contributed by atoms with Gasteiger partial charge in [-0.15, -0.1) is 12.4 Å². The lowest BCUT2D eigenvalue weighted by Crippen LogP contribution is -2.46. The summed E-state index contributed by atoms with van der Waals surface area (Å²) in [6.07, 6.45) is 0. The van der Waals surface area contributed by atoms with Gasteiger partial charge in [0.1, 0.15) is 0 Å². The Balaban J connectivity index is 0.00000162. The average Bonchev–Trinajstić information content (AvgIpc) is 2.36. The Hall–Kier alpha value is 0.160. The van der Waals surface area contributed by atoms with E-state index in [0.717, 1.165) is 36.2 Å². The first-order chi connectivity index (χ1) is 8.22. The molecule has 2 rings (SSSR count). The van der Waals surface area contributed by atoms with E-state index in [4.69, 9.17) is 11.6 Å². The lowest BCUT2D eigenvalue weighted by molar-refractivity contribution is 0.110. The van der Waals surface area contributed by atoms with Crippen LogP contribution in [-0.2, 0) is 0 Å². The van der Waals surface area contributed by atoms with Crippen LogP contribution in [0.2, 0.25) is 5.02 Å². The molecule has 1 heterocycles. The van der Waals surface area contributed by atoms with Crippen LogP contribution in [0.1, 0.15) is 11.6 Å². The van der Waals surface area contributed by atoms with Crippen molar-refractivity contribution in [2.75, 3.05) is 32.8 Å². The van der Waals surface area contributed by atoms with Crippen molar-refractivity contribution < 1.29 is 5.11 Å². The van der Waals surface area contributed by atoms with Gasteiger partial charge in [-0.2, -0.15) is 0 Å². The Kier molecular flexibility index (Phi) is 6.92. The summed E-state index contributed by atoms with van der Waals surface area (Å²) in [6.45, 7) is 3.94. The van der Waals surface area contributed by atoms with E-state index in [0.29, 0.717) is 5.02 Å². The third-order valence-corrected chi connectivity index (χ3v) is 4.04. The number of benzene rings is 1. The van der Waals surface area contributed by atoms with Gasteiger partial charge in [-0.1, -0.05) is 27.5 Å². The molecule has 0 aliphatic carbocycles. The summed E-state index contributed by atoms with van der Waals surface area (Å²) in [5, 5.41) is 13.6. The molecular weight excluding hydrogens is 339 g/mol. The monoisotopic (exact) mass is 354 g/mol. The summed E-state index contributed by atoms with van der Waals surface area (Å²) in [6, 6.07) is 5.73. The molecule has 0 amide bonds. The number of nitrogens with zero attached hydrogens (tertiary/aromatic N) is 1. The molecule has 0 saturated carbocycles. The second kappa shape index (κ2) is 7.68. The summed E-state index contributed by atoms with van der Waals surface area (Å²) >= 11 is 9.55. The second-order valence-electron chi connectivity index (χ2n) is 4.15. The van der Waals surface area contributed by atoms with Crippen molar-refractivity contribution in [3.63, 3.8) is 0 Å². The van der Waals surface area contributed by atoms with Gasteiger partial charge in [0.05, 0.1) is 12.6 Å². The van der Waals surface area contributed by atoms with Gasteiger partial charge >= 0.3 is 0 Å². The van der Waals surface area contributed by atoms with Gasteiger partial charge in [0.15, 0.2) is 0 Å². The summed E-state index contributed by atoms with van der Waals surface area (Å²) < 4.78 is 1.000. The number of hydrogen-bond acceptors (Lipinski definition) is 3. The molecule has 2 N–H and O–H groups in total. The Morgan fingerprint density at radius 2 is 2.06 bits per heavy atom. The maximum absolute atomic E-state index is 9.62. The van der Waals surface area contributed by atoms with Crippen molar-refractivity contribution in [1.29, 1.82) is 0 Å². The maximum atomic E-state index is 9.62. The molecule has 0 bridgehead atoms. The smallest absolute Gasteiger partial charge is 0.0629 e. The van der Waals surface area contributed by atoms with Gasteiger partial charge < -0.3 is 10.4 Å². The van der Waals surface area contributed by atoms with Crippen molar-refractivity contribution in [3.8, 4) is 0 Å². The second-order valence-corrected chi connectivity index (χ2v) is 5.44. The molecule has 0 spiro atoms. The number of halogens is 3. The summed E-state index contributed by atoms with van der Waals surface area (Å²) in [5.41, 5.74) is 1.06. The quantitative estimate of drug-likeness (QED) is 0.874. The third kappa shape index (κ3) is 3.83. The highest BCUT2D eigenvalue weighted by atomic mass is 79.9. The van der Waals surface area contributed by atoms with E-state index in [1.54, 1.807) is 0 Å². The SMILES string of the molecule is Cl.OC[C@H](c1cc(Cl)ccc1Br)N1CCNCC1. The van der Waals surface area contributed by atoms with Gasteiger partial charge in [0.25, 0.3) is 0 Å². The van der Waals surface area contributed by atoms with Crippen LogP contribution in [0.15, 0.2) is 22.7 Å². The normalized spacial score (nSPS) is 18.2. The number of aliphatic hydroxyl groups excluding tert-OH is 1. The predicted octanol–water partition coefficient (Wildman–Crippen LogP) is 2.46. The summed E-state index contributed by atoms with van der Waals surface area (Å²) in [7, 11) is 0. The topological polar surface area (TPSA) is 35.5 Å². The first-order valence-corrected chi connectivity index (χ1v) is 6.90. The minimum absolute atomic E-state index is 0. The fourth-order valence-corrected chi connectivity index (χ4v) is 2.87. The van der Waals surface area contributed by atoms with Gasteiger partial charge in [-0.25, -0.2) is 0 Å². The molecule has 1 aliphatic heterocycles. The molecule has 1 atom stereocenters. The lowest BCUT2D eigenvalue weighted by Gasteiger charge is -2.34. The van der Waals surface area contributed by atoms with Crippen LogP contribution in [0.3, 0.4) is 0 Å². The number of piperazine rings is 1. The Labute approximate surface area is 127 Å². The molecule has 0 radical (unpaired) electrons. The van der Waals surface area contributed by atoms with E-state index in [-0.39, 0.29) is 25.1 Å². The Bertz CT molecular complexity index is 386. The van der Waals surface area contributed by atoms with Crippen LogP contribution < -0.4 is 5.32 Å². The van der Waals surface area contributed by atoms with Crippen LogP contribution >= 0.6 is 39.9 Å². The minimum Gasteiger partial charge on any atom is -0.394 e. The zero-order valence-corrected chi connectivity index (χ0v) is 13.1. The highest BCUT2D eigenvalue weighted by Gasteiger charge is 2.23. The van der Waals surface area contributed by atoms with Crippen molar-refractivity contribution >= 4 is 39.9 Å². The van der Waals surface area contributed by atoms with Crippen molar-refractivity contribution in [3.05, 3.63) is 33.3 Å². The molecule has 6 heteroatoms. The van der Waals surface area contributed by atoms with Gasteiger partial charge in [0.2, 0.25) is 0 Å². The van der Waals surface area contributed by atoms with Crippen LogP contribution in [0.5, 0.6) is 0 Å². The Morgan fingerprint density at radius 3 is 2.67 bits per heavy atom. The zero-order valence-electron chi connectivity index (χ0n) is 9.90. The highest BCUT2D eigenvalue weighted by molar-refractivity contribution is 9.10. The van der Waals surface area contributed by atoms with Gasteiger partial charge in [-0.3, -0.25) is 4.90 Å². The Morgan fingerprint density at radius 1 is 1.39 bits per heavy atom. The van der Waals surface area contributed by atoms with Crippen LogP contribution in [-0.4, -0.2) is 42.8 Å². The standard InChI is InChI=1S/C12H16BrClN2O.ClH/c13-11-2-1-9(14)7-10(11)12(8-17)16-5-3-15-4-6-16;/h1-2,7,12,15,17H,3-6,8H2;1H/t12-;/m1./s1. The van der Waals surface area contributed by atoms with E-state index in [1.807, 2.05) is 18.2 Å². The van der Waals surface area contributed by atoms with Crippen LogP contribution in [0.4, 0.5) is 0 Å². The maximum Gasteiger partial charge on any atom is 0.0629 e. The van der Waals surface area contributed by atoms with Crippen molar-refractivity contribution in [2.24, 2.45) is 0 Å². The zero-order chi connectivity index (χ0) is 12.3. The van der Waals surface area contributed by atoms with Gasteiger partial charge in [-0.05, 0) is 23.8 Å². The molecule has 1 fully saturated rings. The summed E-state index contributed by atoms with van der Waals surface area (Å²) in [5.74, 6) is 0.